The van der Waals surface area contributed by atoms with Crippen LogP contribution < -0.4 is 10.6 Å². The lowest BCUT2D eigenvalue weighted by atomic mass is 9.81. The molecule has 2 saturated heterocycles. The number of nitrogens with one attached hydrogen (secondary N) is 2. The van der Waals surface area contributed by atoms with Crippen molar-refractivity contribution in [3.63, 3.8) is 0 Å². The van der Waals surface area contributed by atoms with Crippen LogP contribution >= 0.6 is 0 Å². The zero-order valence-corrected chi connectivity index (χ0v) is 20.4. The van der Waals surface area contributed by atoms with Gasteiger partial charge in [-0.1, -0.05) is 0 Å². The molecule has 0 radical (unpaired) electrons. The SMILES string of the molecule is CC1(C)CC(OC(=O)CCCCC(=O)OC2CC(C)(C)NC(C)(C)C2)CC(C)(C)N1. The van der Waals surface area contributed by atoms with Crippen LogP contribution in [0.5, 0.6) is 0 Å². The van der Waals surface area contributed by atoms with Gasteiger partial charge in [0.15, 0.2) is 0 Å². The average Bonchev–Trinajstić information content (AvgIpc) is 2.44. The van der Waals surface area contributed by atoms with E-state index in [2.05, 4.69) is 66.0 Å². The van der Waals surface area contributed by atoms with Gasteiger partial charge in [-0.2, -0.15) is 0 Å². The van der Waals surface area contributed by atoms with Gasteiger partial charge in [-0.3, -0.25) is 9.59 Å². The summed E-state index contributed by atoms with van der Waals surface area (Å²) < 4.78 is 11.5. The van der Waals surface area contributed by atoms with E-state index < -0.39 is 0 Å². The molecule has 0 aromatic heterocycles. The van der Waals surface area contributed by atoms with Gasteiger partial charge in [-0.05, 0) is 68.2 Å². The molecule has 0 spiro atoms. The fraction of sp³-hybridized carbons (Fsp3) is 0.917. The second-order valence-electron chi connectivity index (χ2n) is 12.0. The fourth-order valence-corrected chi connectivity index (χ4v) is 5.65. The monoisotopic (exact) mass is 424 g/mol. The first-order valence-corrected chi connectivity index (χ1v) is 11.5. The second-order valence-corrected chi connectivity index (χ2v) is 12.0. The number of ether oxygens (including phenoxy) is 2. The molecule has 2 rings (SSSR count). The molecule has 30 heavy (non-hydrogen) atoms. The first-order valence-electron chi connectivity index (χ1n) is 11.5. The zero-order chi connectivity index (χ0) is 22.8. The molecule has 0 bridgehead atoms. The van der Waals surface area contributed by atoms with Crippen molar-refractivity contribution in [1.82, 2.24) is 10.6 Å². The number of hydrogen-bond donors (Lipinski definition) is 2. The summed E-state index contributed by atoms with van der Waals surface area (Å²) in [5.74, 6) is -0.326. The number of hydrogen-bond acceptors (Lipinski definition) is 6. The van der Waals surface area contributed by atoms with Crippen molar-refractivity contribution in [3.05, 3.63) is 0 Å². The third-order valence-electron chi connectivity index (χ3n) is 5.91. The van der Waals surface area contributed by atoms with Crippen molar-refractivity contribution in [2.24, 2.45) is 0 Å². The molecule has 2 N–H and O–H groups in total. The molecule has 0 aromatic rings. The van der Waals surface area contributed by atoms with Crippen molar-refractivity contribution in [2.75, 3.05) is 0 Å². The predicted octanol–water partition coefficient (Wildman–Crippen LogP) is 4.25. The maximum Gasteiger partial charge on any atom is 0.306 e. The quantitative estimate of drug-likeness (QED) is 0.470. The molecule has 2 aliphatic heterocycles. The van der Waals surface area contributed by atoms with E-state index in [-0.39, 0.29) is 46.3 Å². The van der Waals surface area contributed by atoms with Gasteiger partial charge in [-0.25, -0.2) is 0 Å². The Balaban J connectivity index is 1.67. The molecule has 0 atom stereocenters. The van der Waals surface area contributed by atoms with Gasteiger partial charge in [0, 0.05) is 60.7 Å². The molecule has 0 aliphatic carbocycles. The van der Waals surface area contributed by atoms with Gasteiger partial charge >= 0.3 is 11.9 Å². The third kappa shape index (κ3) is 8.54. The summed E-state index contributed by atoms with van der Waals surface area (Å²) in [6.45, 7) is 17.2. The van der Waals surface area contributed by atoms with Gasteiger partial charge in [-0.15, -0.1) is 0 Å². The molecule has 0 amide bonds. The lowest BCUT2D eigenvalue weighted by Gasteiger charge is -2.46. The Labute approximate surface area is 183 Å². The highest BCUT2D eigenvalue weighted by atomic mass is 16.5. The van der Waals surface area contributed by atoms with Gasteiger partial charge in [0.05, 0.1) is 0 Å². The third-order valence-corrected chi connectivity index (χ3v) is 5.91. The number of unbranched alkanes of at least 4 members (excludes halogenated alkanes) is 1. The Bertz CT molecular complexity index is 539. The Kier molecular flexibility index (Phi) is 7.67. The molecule has 6 heteroatoms. The molecular weight excluding hydrogens is 380 g/mol. The van der Waals surface area contributed by atoms with Crippen molar-refractivity contribution in [3.8, 4) is 0 Å². The van der Waals surface area contributed by atoms with E-state index in [1.165, 1.54) is 0 Å². The van der Waals surface area contributed by atoms with Gasteiger partial charge in [0.25, 0.3) is 0 Å². The van der Waals surface area contributed by atoms with Crippen molar-refractivity contribution in [1.29, 1.82) is 0 Å². The van der Waals surface area contributed by atoms with Crippen LogP contribution in [0.3, 0.4) is 0 Å². The first-order chi connectivity index (χ1) is 13.6. The van der Waals surface area contributed by atoms with Crippen LogP contribution in [-0.4, -0.2) is 46.3 Å². The van der Waals surface area contributed by atoms with E-state index in [0.29, 0.717) is 25.7 Å². The smallest absolute Gasteiger partial charge is 0.306 e. The maximum atomic E-state index is 12.3. The molecule has 6 nitrogen and oxygen atoms in total. The van der Waals surface area contributed by atoms with E-state index in [9.17, 15) is 9.59 Å². The lowest BCUT2D eigenvalue weighted by molar-refractivity contribution is -0.155. The van der Waals surface area contributed by atoms with Crippen LogP contribution in [0.15, 0.2) is 0 Å². The number of piperidine rings is 2. The zero-order valence-electron chi connectivity index (χ0n) is 20.4. The molecule has 0 saturated carbocycles. The summed E-state index contributed by atoms with van der Waals surface area (Å²) in [4.78, 5) is 24.5. The number of carbonyl (C=O) groups is 2. The highest BCUT2D eigenvalue weighted by molar-refractivity contribution is 5.71. The van der Waals surface area contributed by atoms with E-state index in [1.807, 2.05) is 0 Å². The number of carbonyl (C=O) groups excluding carboxylic acids is 2. The maximum absolute atomic E-state index is 12.3. The predicted molar refractivity (Wildman–Crippen MR) is 119 cm³/mol. The summed E-state index contributed by atoms with van der Waals surface area (Å²) in [6.07, 6.45) is 5.16. The number of rotatable bonds is 7. The lowest BCUT2D eigenvalue weighted by Crippen LogP contribution is -2.59. The average molecular weight is 425 g/mol. The number of esters is 2. The molecular formula is C24H44N2O4. The van der Waals surface area contributed by atoms with E-state index in [1.54, 1.807) is 0 Å². The summed E-state index contributed by atoms with van der Waals surface area (Å²) >= 11 is 0. The normalized spacial score (nSPS) is 25.5. The fourth-order valence-electron chi connectivity index (χ4n) is 5.65. The van der Waals surface area contributed by atoms with Crippen molar-refractivity contribution < 1.29 is 19.1 Å². The molecule has 0 aromatic carbocycles. The summed E-state index contributed by atoms with van der Waals surface area (Å²) in [5.41, 5.74) is -0.190. The molecule has 2 heterocycles. The Morgan fingerprint density at radius 3 is 1.17 bits per heavy atom. The van der Waals surface area contributed by atoms with Crippen LogP contribution in [0.25, 0.3) is 0 Å². The first kappa shape index (κ1) is 25.1. The van der Waals surface area contributed by atoms with Gasteiger partial charge < -0.3 is 20.1 Å². The van der Waals surface area contributed by atoms with Crippen molar-refractivity contribution >= 4 is 11.9 Å². The largest absolute Gasteiger partial charge is 0.462 e. The van der Waals surface area contributed by atoms with Crippen LogP contribution in [0.2, 0.25) is 0 Å². The highest BCUT2D eigenvalue weighted by Gasteiger charge is 2.40. The minimum Gasteiger partial charge on any atom is -0.462 e. The summed E-state index contributed by atoms with van der Waals surface area (Å²) in [5, 5.41) is 7.19. The minimum atomic E-state index is -0.163. The summed E-state index contributed by atoms with van der Waals surface area (Å²) in [7, 11) is 0. The van der Waals surface area contributed by atoms with Crippen LogP contribution in [-0.2, 0) is 19.1 Å². The standard InChI is InChI=1S/C24H44N2O4/c1-21(2)13-17(14-22(3,4)25-21)29-19(27)11-9-10-12-20(28)30-18-15-23(5,6)26-24(7,8)16-18/h17-18,25-26H,9-16H2,1-8H3. The van der Waals surface area contributed by atoms with Crippen molar-refractivity contribution in [2.45, 2.75) is 141 Å². The second kappa shape index (κ2) is 9.15. The van der Waals surface area contributed by atoms with Gasteiger partial charge in [0.2, 0.25) is 0 Å². The molecule has 0 unspecified atom stereocenters. The molecule has 2 fully saturated rings. The topological polar surface area (TPSA) is 76.7 Å². The van der Waals surface area contributed by atoms with E-state index >= 15 is 0 Å². The molecule has 2 aliphatic rings. The minimum absolute atomic E-state index is 0.0474. The summed E-state index contributed by atoms with van der Waals surface area (Å²) in [6, 6.07) is 0. The van der Waals surface area contributed by atoms with Crippen LogP contribution in [0, 0.1) is 0 Å². The van der Waals surface area contributed by atoms with Crippen LogP contribution in [0.4, 0.5) is 0 Å². The van der Waals surface area contributed by atoms with E-state index in [4.69, 9.17) is 9.47 Å². The Hall–Kier alpha value is -1.14. The van der Waals surface area contributed by atoms with Crippen LogP contribution in [0.1, 0.15) is 107 Å². The molecule has 174 valence electrons. The Morgan fingerprint density at radius 1 is 0.633 bits per heavy atom. The highest BCUT2D eigenvalue weighted by Crippen LogP contribution is 2.31. The van der Waals surface area contributed by atoms with E-state index in [0.717, 1.165) is 25.7 Å². The van der Waals surface area contributed by atoms with Gasteiger partial charge in [0.1, 0.15) is 12.2 Å². The Morgan fingerprint density at radius 2 is 0.900 bits per heavy atom.